The van der Waals surface area contributed by atoms with E-state index in [0.29, 0.717) is 0 Å². The lowest BCUT2D eigenvalue weighted by Gasteiger charge is -2.05. The lowest BCUT2D eigenvalue weighted by Crippen LogP contribution is -2.05. The molecule has 0 aliphatic carbocycles. The molecule has 0 radical (unpaired) electrons. The second kappa shape index (κ2) is 5.83. The van der Waals surface area contributed by atoms with Crippen LogP contribution in [0.4, 0.5) is 11.5 Å². The van der Waals surface area contributed by atoms with Crippen LogP contribution in [-0.2, 0) is 6.42 Å². The van der Waals surface area contributed by atoms with E-state index in [-0.39, 0.29) is 0 Å². The van der Waals surface area contributed by atoms with Crippen LogP contribution in [0.1, 0.15) is 11.4 Å². The Hall–Kier alpha value is -2.56. The van der Waals surface area contributed by atoms with E-state index in [9.17, 15) is 0 Å². The van der Waals surface area contributed by atoms with Crippen LogP contribution in [0.25, 0.3) is 11.2 Å². The summed E-state index contributed by atoms with van der Waals surface area (Å²) in [4.78, 5) is 12.2. The molecule has 21 heavy (non-hydrogen) atoms. The largest absolute Gasteiger partial charge is 0.385 e. The first kappa shape index (κ1) is 13.4. The van der Waals surface area contributed by atoms with Crippen LogP contribution < -0.4 is 10.6 Å². The van der Waals surface area contributed by atoms with Crippen LogP contribution in [0.15, 0.2) is 36.4 Å². The zero-order chi connectivity index (χ0) is 14.7. The SMILES string of the molecule is CNc1ccc2[nH]c(CCNc3ccc(C)cc3)nc2n1. The highest BCUT2D eigenvalue weighted by Gasteiger charge is 2.04. The maximum atomic E-state index is 4.52. The van der Waals surface area contributed by atoms with Crippen LogP contribution in [0.2, 0.25) is 0 Å². The molecule has 0 saturated heterocycles. The third-order valence-electron chi connectivity index (χ3n) is 3.39. The van der Waals surface area contributed by atoms with Gasteiger partial charge in [0.15, 0.2) is 5.65 Å². The second-order valence-electron chi connectivity index (χ2n) is 5.04. The summed E-state index contributed by atoms with van der Waals surface area (Å²) in [5.74, 6) is 1.78. The molecular formula is C16H19N5. The Morgan fingerprint density at radius 1 is 1.05 bits per heavy atom. The summed E-state index contributed by atoms with van der Waals surface area (Å²) in [5, 5.41) is 6.41. The molecule has 3 rings (SSSR count). The van der Waals surface area contributed by atoms with E-state index in [0.717, 1.165) is 41.5 Å². The molecule has 0 aliphatic rings. The fourth-order valence-corrected chi connectivity index (χ4v) is 2.20. The highest BCUT2D eigenvalue weighted by Crippen LogP contribution is 2.13. The van der Waals surface area contributed by atoms with E-state index in [4.69, 9.17) is 0 Å². The summed E-state index contributed by atoms with van der Waals surface area (Å²) in [7, 11) is 1.85. The summed E-state index contributed by atoms with van der Waals surface area (Å²) in [6.45, 7) is 2.92. The highest BCUT2D eigenvalue weighted by molar-refractivity contribution is 5.72. The van der Waals surface area contributed by atoms with Crippen molar-refractivity contribution in [1.82, 2.24) is 15.0 Å². The number of fused-ring (bicyclic) bond motifs is 1. The molecule has 0 bridgehead atoms. The van der Waals surface area contributed by atoms with Gasteiger partial charge < -0.3 is 15.6 Å². The molecule has 2 aromatic heterocycles. The molecule has 0 spiro atoms. The van der Waals surface area contributed by atoms with Gasteiger partial charge in [0, 0.05) is 25.7 Å². The number of aryl methyl sites for hydroxylation is 1. The van der Waals surface area contributed by atoms with E-state index in [2.05, 4.69) is 56.8 Å². The van der Waals surface area contributed by atoms with Crippen molar-refractivity contribution >= 4 is 22.7 Å². The van der Waals surface area contributed by atoms with Gasteiger partial charge in [-0.25, -0.2) is 9.97 Å². The monoisotopic (exact) mass is 281 g/mol. The number of anilines is 2. The predicted octanol–water partition coefficient (Wildman–Crippen LogP) is 2.96. The van der Waals surface area contributed by atoms with E-state index >= 15 is 0 Å². The third-order valence-corrected chi connectivity index (χ3v) is 3.39. The van der Waals surface area contributed by atoms with Crippen LogP contribution in [-0.4, -0.2) is 28.5 Å². The Bertz CT molecular complexity index is 730. The van der Waals surface area contributed by atoms with Gasteiger partial charge in [0.2, 0.25) is 0 Å². The van der Waals surface area contributed by atoms with E-state index < -0.39 is 0 Å². The number of hydrogen-bond acceptors (Lipinski definition) is 4. The summed E-state index contributed by atoms with van der Waals surface area (Å²) in [6.07, 6.45) is 0.832. The molecule has 1 aromatic carbocycles. The molecule has 5 nitrogen and oxygen atoms in total. The quantitative estimate of drug-likeness (QED) is 0.672. The minimum absolute atomic E-state index is 0.757. The molecule has 0 aliphatic heterocycles. The number of benzene rings is 1. The molecule has 0 amide bonds. The first-order valence-electron chi connectivity index (χ1n) is 7.08. The van der Waals surface area contributed by atoms with Gasteiger partial charge in [-0.15, -0.1) is 0 Å². The molecule has 0 atom stereocenters. The minimum atomic E-state index is 0.757. The average molecular weight is 281 g/mol. The van der Waals surface area contributed by atoms with Crippen molar-refractivity contribution in [3.8, 4) is 0 Å². The number of aromatic amines is 1. The average Bonchev–Trinajstić information content (AvgIpc) is 2.91. The molecule has 0 fully saturated rings. The summed E-state index contributed by atoms with van der Waals surface area (Å²) in [6, 6.07) is 12.3. The number of pyridine rings is 1. The fourth-order valence-electron chi connectivity index (χ4n) is 2.20. The van der Waals surface area contributed by atoms with Crippen LogP contribution in [0.3, 0.4) is 0 Å². The zero-order valence-electron chi connectivity index (χ0n) is 12.3. The van der Waals surface area contributed by atoms with Gasteiger partial charge in [-0.05, 0) is 31.2 Å². The Labute approximate surface area is 123 Å². The molecule has 3 aromatic rings. The lowest BCUT2D eigenvalue weighted by atomic mass is 10.2. The van der Waals surface area contributed by atoms with Crippen molar-refractivity contribution in [2.45, 2.75) is 13.3 Å². The van der Waals surface area contributed by atoms with Crippen LogP contribution in [0, 0.1) is 6.92 Å². The number of hydrogen-bond donors (Lipinski definition) is 3. The molecule has 0 saturated carbocycles. The van der Waals surface area contributed by atoms with Crippen molar-refractivity contribution in [2.75, 3.05) is 24.2 Å². The number of nitrogens with zero attached hydrogens (tertiary/aromatic N) is 2. The van der Waals surface area contributed by atoms with Gasteiger partial charge in [-0.3, -0.25) is 0 Å². The van der Waals surface area contributed by atoms with Gasteiger partial charge >= 0.3 is 0 Å². The summed E-state index contributed by atoms with van der Waals surface area (Å²) < 4.78 is 0. The standard InChI is InChI=1S/C16H19N5/c1-11-3-5-12(6-4-11)18-10-9-15-19-13-7-8-14(17-2)20-16(13)21-15/h3-8,18H,9-10H2,1-2H3,(H2,17,19,20,21). The van der Waals surface area contributed by atoms with Crippen LogP contribution in [0.5, 0.6) is 0 Å². The second-order valence-corrected chi connectivity index (χ2v) is 5.04. The Balaban J connectivity index is 1.63. The first-order valence-corrected chi connectivity index (χ1v) is 7.08. The van der Waals surface area contributed by atoms with Crippen molar-refractivity contribution in [3.05, 3.63) is 47.8 Å². The Morgan fingerprint density at radius 3 is 2.62 bits per heavy atom. The minimum Gasteiger partial charge on any atom is -0.385 e. The van der Waals surface area contributed by atoms with Gasteiger partial charge in [-0.1, -0.05) is 17.7 Å². The number of H-pyrrole nitrogens is 1. The molecule has 108 valence electrons. The maximum absolute atomic E-state index is 4.52. The van der Waals surface area contributed by atoms with E-state index in [1.165, 1.54) is 5.56 Å². The molecule has 3 N–H and O–H groups in total. The van der Waals surface area contributed by atoms with E-state index in [1.807, 2.05) is 19.2 Å². The van der Waals surface area contributed by atoms with Crippen molar-refractivity contribution in [2.24, 2.45) is 0 Å². The van der Waals surface area contributed by atoms with Gasteiger partial charge in [0.1, 0.15) is 11.6 Å². The van der Waals surface area contributed by atoms with Gasteiger partial charge in [0.05, 0.1) is 5.52 Å². The van der Waals surface area contributed by atoms with Crippen molar-refractivity contribution in [3.63, 3.8) is 0 Å². The number of aromatic nitrogens is 3. The highest BCUT2D eigenvalue weighted by atomic mass is 15.0. The summed E-state index contributed by atoms with van der Waals surface area (Å²) in [5.41, 5.74) is 4.13. The van der Waals surface area contributed by atoms with Crippen molar-refractivity contribution in [1.29, 1.82) is 0 Å². The fraction of sp³-hybridized carbons (Fsp3) is 0.250. The smallest absolute Gasteiger partial charge is 0.179 e. The number of nitrogens with one attached hydrogen (secondary N) is 3. The van der Waals surface area contributed by atoms with Gasteiger partial charge in [0.25, 0.3) is 0 Å². The predicted molar refractivity (Wildman–Crippen MR) is 86.8 cm³/mol. The van der Waals surface area contributed by atoms with E-state index in [1.54, 1.807) is 0 Å². The molecule has 2 heterocycles. The van der Waals surface area contributed by atoms with Gasteiger partial charge in [-0.2, -0.15) is 0 Å². The normalized spacial score (nSPS) is 10.8. The molecular weight excluding hydrogens is 262 g/mol. The first-order chi connectivity index (χ1) is 10.2. The molecule has 5 heteroatoms. The summed E-state index contributed by atoms with van der Waals surface area (Å²) >= 11 is 0. The zero-order valence-corrected chi connectivity index (χ0v) is 12.3. The van der Waals surface area contributed by atoms with Crippen molar-refractivity contribution < 1.29 is 0 Å². The number of imidazole rings is 1. The Kier molecular flexibility index (Phi) is 3.73. The maximum Gasteiger partial charge on any atom is 0.179 e. The number of rotatable bonds is 5. The Morgan fingerprint density at radius 2 is 1.86 bits per heavy atom. The molecule has 0 unspecified atom stereocenters. The third kappa shape index (κ3) is 3.13. The lowest BCUT2D eigenvalue weighted by molar-refractivity contribution is 0.933. The van der Waals surface area contributed by atoms with Crippen LogP contribution >= 0.6 is 0 Å². The topological polar surface area (TPSA) is 65.6 Å².